The lowest BCUT2D eigenvalue weighted by atomic mass is 10.0. The van der Waals surface area contributed by atoms with Crippen LogP contribution in [0.1, 0.15) is 29.0 Å². The van der Waals surface area contributed by atoms with Crippen molar-refractivity contribution in [2.75, 3.05) is 6.54 Å². The zero-order chi connectivity index (χ0) is 15.6. The summed E-state index contributed by atoms with van der Waals surface area (Å²) < 4.78 is 39.8. The molecule has 1 heterocycles. The Morgan fingerprint density at radius 3 is 2.24 bits per heavy atom. The van der Waals surface area contributed by atoms with E-state index < -0.39 is 11.7 Å². The van der Waals surface area contributed by atoms with E-state index in [0.717, 1.165) is 37.4 Å². The number of alkyl halides is 3. The fraction of sp³-hybridized carbons (Fsp3) is 0.286. The molecule has 1 atom stereocenters. The first-order valence-corrected chi connectivity index (χ1v) is 8.58. The van der Waals surface area contributed by atoms with Crippen molar-refractivity contribution in [3.8, 4) is 0 Å². The van der Waals surface area contributed by atoms with Crippen LogP contribution in [-0.4, -0.2) is 6.54 Å². The number of hydrogen-bond donors (Lipinski definition) is 1. The van der Waals surface area contributed by atoms with Gasteiger partial charge in [-0.25, -0.2) is 0 Å². The molecule has 0 aliphatic carbocycles. The summed E-state index contributed by atoms with van der Waals surface area (Å²) in [7, 11) is 0. The van der Waals surface area contributed by atoms with Gasteiger partial charge in [0.05, 0.1) is 15.4 Å². The second-order valence-corrected chi connectivity index (χ2v) is 7.64. The topological polar surface area (TPSA) is 12.0 Å². The van der Waals surface area contributed by atoms with Crippen LogP contribution in [0.15, 0.2) is 38.6 Å². The van der Waals surface area contributed by atoms with Crippen molar-refractivity contribution in [2.24, 2.45) is 0 Å². The van der Waals surface area contributed by atoms with E-state index >= 15 is 0 Å². The first kappa shape index (κ1) is 17.0. The summed E-state index contributed by atoms with van der Waals surface area (Å²) >= 11 is 8.43. The van der Waals surface area contributed by atoms with Crippen molar-refractivity contribution in [3.05, 3.63) is 54.6 Å². The Bertz CT molecular complexity index is 588. The minimum atomic E-state index is -4.30. The van der Waals surface area contributed by atoms with Gasteiger partial charge in [-0.05, 0) is 62.2 Å². The molecule has 0 saturated heterocycles. The van der Waals surface area contributed by atoms with Crippen LogP contribution >= 0.6 is 43.2 Å². The molecule has 1 aromatic carbocycles. The fourth-order valence-corrected chi connectivity index (χ4v) is 4.15. The van der Waals surface area contributed by atoms with Gasteiger partial charge < -0.3 is 5.32 Å². The van der Waals surface area contributed by atoms with Gasteiger partial charge in [0, 0.05) is 9.35 Å². The Kier molecular flexibility index (Phi) is 5.51. The van der Waals surface area contributed by atoms with Gasteiger partial charge in [-0.3, -0.25) is 0 Å². The third-order valence-electron chi connectivity index (χ3n) is 2.93. The molecule has 2 aromatic rings. The molecule has 21 heavy (non-hydrogen) atoms. The SMILES string of the molecule is CCNC(c1ccc(C(F)(F)F)cc1)c1cc(Br)c(Br)s1. The predicted octanol–water partition coefficient (Wildman–Crippen LogP) is 5.99. The van der Waals surface area contributed by atoms with Gasteiger partial charge in [0.25, 0.3) is 0 Å². The highest BCUT2D eigenvalue weighted by molar-refractivity contribution is 9.13. The lowest BCUT2D eigenvalue weighted by Crippen LogP contribution is -2.21. The Morgan fingerprint density at radius 1 is 1.19 bits per heavy atom. The van der Waals surface area contributed by atoms with E-state index in [4.69, 9.17) is 0 Å². The summed E-state index contributed by atoms with van der Waals surface area (Å²) in [6, 6.07) is 7.15. The predicted molar refractivity (Wildman–Crippen MR) is 86.7 cm³/mol. The zero-order valence-corrected chi connectivity index (χ0v) is 15.0. The lowest BCUT2D eigenvalue weighted by Gasteiger charge is -2.17. The molecule has 0 spiro atoms. The van der Waals surface area contributed by atoms with E-state index in [2.05, 4.69) is 37.2 Å². The molecule has 114 valence electrons. The molecule has 7 heteroatoms. The quantitative estimate of drug-likeness (QED) is 0.613. The van der Waals surface area contributed by atoms with Crippen molar-refractivity contribution in [1.82, 2.24) is 5.32 Å². The van der Waals surface area contributed by atoms with Crippen LogP contribution in [0, 0.1) is 0 Å². The van der Waals surface area contributed by atoms with Crippen LogP contribution in [0.5, 0.6) is 0 Å². The molecule has 0 bridgehead atoms. The Labute approximate surface area is 141 Å². The Hall–Kier alpha value is -0.370. The van der Waals surface area contributed by atoms with Crippen molar-refractivity contribution in [1.29, 1.82) is 0 Å². The first-order chi connectivity index (χ1) is 9.82. The van der Waals surface area contributed by atoms with Gasteiger partial charge in [-0.2, -0.15) is 13.2 Å². The highest BCUT2D eigenvalue weighted by atomic mass is 79.9. The van der Waals surface area contributed by atoms with E-state index in [1.54, 1.807) is 11.3 Å². The number of nitrogens with one attached hydrogen (secondary N) is 1. The summed E-state index contributed by atoms with van der Waals surface area (Å²) in [6.07, 6.45) is -4.30. The van der Waals surface area contributed by atoms with Crippen LogP contribution in [-0.2, 0) is 6.18 Å². The molecule has 0 amide bonds. The Balaban J connectivity index is 2.34. The average molecular weight is 443 g/mol. The van der Waals surface area contributed by atoms with Gasteiger partial charge in [0.2, 0.25) is 0 Å². The van der Waals surface area contributed by atoms with Crippen molar-refractivity contribution < 1.29 is 13.2 Å². The summed E-state index contributed by atoms with van der Waals surface area (Å²) in [4.78, 5) is 1.04. The van der Waals surface area contributed by atoms with E-state index in [0.29, 0.717) is 0 Å². The zero-order valence-electron chi connectivity index (χ0n) is 11.0. The summed E-state index contributed by atoms with van der Waals surface area (Å²) in [5.74, 6) is 0. The van der Waals surface area contributed by atoms with E-state index in [1.165, 1.54) is 12.1 Å². The minimum Gasteiger partial charge on any atom is -0.306 e. The number of halogens is 5. The number of hydrogen-bond acceptors (Lipinski definition) is 2. The number of benzene rings is 1. The van der Waals surface area contributed by atoms with Gasteiger partial charge >= 0.3 is 6.18 Å². The molecule has 0 saturated carbocycles. The van der Waals surface area contributed by atoms with E-state index in [-0.39, 0.29) is 6.04 Å². The van der Waals surface area contributed by atoms with Gasteiger partial charge in [0.15, 0.2) is 0 Å². The molecular weight excluding hydrogens is 431 g/mol. The summed E-state index contributed by atoms with van der Waals surface area (Å²) in [6.45, 7) is 2.69. The molecule has 0 fully saturated rings. The van der Waals surface area contributed by atoms with Crippen LogP contribution in [0.3, 0.4) is 0 Å². The lowest BCUT2D eigenvalue weighted by molar-refractivity contribution is -0.137. The highest BCUT2D eigenvalue weighted by Gasteiger charge is 2.30. The van der Waals surface area contributed by atoms with Crippen molar-refractivity contribution in [3.63, 3.8) is 0 Å². The maximum Gasteiger partial charge on any atom is 0.416 e. The van der Waals surface area contributed by atoms with E-state index in [9.17, 15) is 13.2 Å². The highest BCUT2D eigenvalue weighted by Crippen LogP contribution is 2.38. The maximum absolute atomic E-state index is 12.6. The normalized spacial score (nSPS) is 13.4. The maximum atomic E-state index is 12.6. The van der Waals surface area contributed by atoms with Crippen molar-refractivity contribution in [2.45, 2.75) is 19.1 Å². The van der Waals surface area contributed by atoms with Crippen LogP contribution < -0.4 is 5.32 Å². The van der Waals surface area contributed by atoms with Gasteiger partial charge in [0.1, 0.15) is 0 Å². The molecular formula is C14H12Br2F3NS. The number of rotatable bonds is 4. The average Bonchev–Trinajstić information content (AvgIpc) is 2.75. The standard InChI is InChI=1S/C14H12Br2F3NS/c1-2-20-12(11-7-10(15)13(16)21-11)8-3-5-9(6-4-8)14(17,18)19/h3-7,12,20H,2H2,1H3. The molecule has 1 N–H and O–H groups in total. The second kappa shape index (κ2) is 6.81. The summed E-state index contributed by atoms with van der Waals surface area (Å²) in [5, 5.41) is 3.30. The Morgan fingerprint density at radius 2 is 1.81 bits per heavy atom. The van der Waals surface area contributed by atoms with Crippen molar-refractivity contribution >= 4 is 43.2 Å². The summed E-state index contributed by atoms with van der Waals surface area (Å²) in [5.41, 5.74) is 0.182. The second-order valence-electron chi connectivity index (χ2n) is 4.38. The molecule has 0 aliphatic heterocycles. The first-order valence-electron chi connectivity index (χ1n) is 6.18. The molecule has 2 rings (SSSR count). The molecule has 1 unspecified atom stereocenters. The van der Waals surface area contributed by atoms with Crippen LogP contribution in [0.25, 0.3) is 0 Å². The molecule has 0 radical (unpaired) electrons. The molecule has 0 aliphatic rings. The van der Waals surface area contributed by atoms with Crippen LogP contribution in [0.2, 0.25) is 0 Å². The fourth-order valence-electron chi connectivity index (χ4n) is 1.96. The molecule has 1 aromatic heterocycles. The smallest absolute Gasteiger partial charge is 0.306 e. The minimum absolute atomic E-state index is 0.120. The molecule has 1 nitrogen and oxygen atoms in total. The largest absolute Gasteiger partial charge is 0.416 e. The monoisotopic (exact) mass is 441 g/mol. The third-order valence-corrected chi connectivity index (χ3v) is 6.25. The van der Waals surface area contributed by atoms with Crippen LogP contribution in [0.4, 0.5) is 13.2 Å². The van der Waals surface area contributed by atoms with Gasteiger partial charge in [-0.1, -0.05) is 19.1 Å². The number of thiophene rings is 1. The van der Waals surface area contributed by atoms with Gasteiger partial charge in [-0.15, -0.1) is 11.3 Å². The third kappa shape index (κ3) is 4.09. The van der Waals surface area contributed by atoms with E-state index in [1.807, 2.05) is 13.0 Å².